The first-order chi connectivity index (χ1) is 12.8. The van der Waals surface area contributed by atoms with Gasteiger partial charge in [-0.25, -0.2) is 23.1 Å². The number of ether oxygens (including phenoxy) is 2. The predicted octanol–water partition coefficient (Wildman–Crippen LogP) is 0.331. The molecule has 2 heterocycles. The maximum absolute atomic E-state index is 12.2. The number of benzene rings is 1. The van der Waals surface area contributed by atoms with Crippen LogP contribution in [0.5, 0.6) is 11.5 Å². The van der Waals surface area contributed by atoms with Crippen LogP contribution >= 0.6 is 0 Å². The van der Waals surface area contributed by atoms with Crippen LogP contribution in [0.1, 0.15) is 5.82 Å². The van der Waals surface area contributed by atoms with Crippen LogP contribution in [0.15, 0.2) is 34.5 Å². The summed E-state index contributed by atoms with van der Waals surface area (Å²) in [5.41, 5.74) is 0.155. The second-order valence-corrected chi connectivity index (χ2v) is 7.45. The largest absolute Gasteiger partial charge is 0.493 e. The monoisotopic (exact) mass is 393 g/mol. The summed E-state index contributed by atoms with van der Waals surface area (Å²) in [5.74, 6) is 1.30. The number of aryl methyl sites for hydroxylation is 2. The Morgan fingerprint density at radius 3 is 2.74 bits per heavy atom. The normalized spacial score (nSPS) is 11.7. The maximum Gasteiger partial charge on any atom is 0.259 e. The number of nitrogens with one attached hydrogen (secondary N) is 2. The van der Waals surface area contributed by atoms with Gasteiger partial charge in [-0.15, -0.1) is 0 Å². The zero-order valence-electron chi connectivity index (χ0n) is 15.0. The average molecular weight is 393 g/mol. The van der Waals surface area contributed by atoms with E-state index in [9.17, 15) is 13.2 Å². The van der Waals surface area contributed by atoms with E-state index >= 15 is 0 Å². The van der Waals surface area contributed by atoms with Gasteiger partial charge in [-0.1, -0.05) is 0 Å². The van der Waals surface area contributed by atoms with Crippen LogP contribution in [-0.4, -0.2) is 48.2 Å². The van der Waals surface area contributed by atoms with Crippen LogP contribution < -0.4 is 19.8 Å². The number of nitrogens with zero attached hydrogens (tertiary/aromatic N) is 3. The molecule has 1 aromatic carbocycles. The van der Waals surface area contributed by atoms with E-state index in [0.29, 0.717) is 28.2 Å². The lowest BCUT2D eigenvalue weighted by Gasteiger charge is -2.12. The molecule has 144 valence electrons. The molecule has 0 aliphatic carbocycles. The second-order valence-electron chi connectivity index (χ2n) is 5.74. The number of aromatic nitrogens is 4. The SMILES string of the molecule is COc1cc2c(=O)[nH]cnc2cc1OCCNS(=O)(=O)c1cn(C)c(C)n1. The molecular weight excluding hydrogens is 374 g/mol. The van der Waals surface area contributed by atoms with E-state index in [1.54, 1.807) is 24.6 Å². The molecule has 10 nitrogen and oxygen atoms in total. The van der Waals surface area contributed by atoms with Crippen LogP contribution in [0.4, 0.5) is 0 Å². The molecule has 11 heteroatoms. The van der Waals surface area contributed by atoms with Crippen LogP contribution in [0.3, 0.4) is 0 Å². The van der Waals surface area contributed by atoms with Gasteiger partial charge in [0.2, 0.25) is 0 Å². The van der Waals surface area contributed by atoms with Crippen molar-refractivity contribution in [3.63, 3.8) is 0 Å². The molecule has 0 bridgehead atoms. The van der Waals surface area contributed by atoms with Gasteiger partial charge in [-0.2, -0.15) is 0 Å². The van der Waals surface area contributed by atoms with Gasteiger partial charge in [0, 0.05) is 25.9 Å². The summed E-state index contributed by atoms with van der Waals surface area (Å²) < 4.78 is 39.4. The minimum atomic E-state index is -3.72. The van der Waals surface area contributed by atoms with Gasteiger partial charge >= 0.3 is 0 Å². The Labute approximate surface area is 155 Å². The quantitative estimate of drug-likeness (QED) is 0.554. The summed E-state index contributed by atoms with van der Waals surface area (Å²) in [6, 6.07) is 3.09. The number of sulfonamides is 1. The lowest BCUT2D eigenvalue weighted by molar-refractivity contribution is 0.299. The third kappa shape index (κ3) is 3.93. The fourth-order valence-electron chi connectivity index (χ4n) is 2.42. The Balaban J connectivity index is 1.69. The molecule has 0 aliphatic heterocycles. The van der Waals surface area contributed by atoms with E-state index in [4.69, 9.17) is 9.47 Å². The van der Waals surface area contributed by atoms with E-state index in [1.165, 1.54) is 25.7 Å². The van der Waals surface area contributed by atoms with E-state index in [1.807, 2.05) is 0 Å². The maximum atomic E-state index is 12.2. The van der Waals surface area contributed by atoms with Crippen LogP contribution in [0.2, 0.25) is 0 Å². The van der Waals surface area contributed by atoms with E-state index in [0.717, 1.165) is 0 Å². The molecular formula is C16H19N5O5S. The van der Waals surface area contributed by atoms with Crippen molar-refractivity contribution in [1.82, 2.24) is 24.2 Å². The Hall–Kier alpha value is -2.92. The van der Waals surface area contributed by atoms with Crippen molar-refractivity contribution < 1.29 is 17.9 Å². The lowest BCUT2D eigenvalue weighted by atomic mass is 10.2. The number of hydrogen-bond acceptors (Lipinski definition) is 7. The molecule has 0 spiro atoms. The summed E-state index contributed by atoms with van der Waals surface area (Å²) in [6.07, 6.45) is 2.73. The molecule has 0 saturated heterocycles. The average Bonchev–Trinajstić information content (AvgIpc) is 2.98. The van der Waals surface area contributed by atoms with Crippen LogP contribution in [-0.2, 0) is 17.1 Å². The van der Waals surface area contributed by atoms with Crippen LogP contribution in [0, 0.1) is 6.92 Å². The molecule has 0 saturated carbocycles. The van der Waals surface area contributed by atoms with Crippen molar-refractivity contribution in [1.29, 1.82) is 0 Å². The highest BCUT2D eigenvalue weighted by Crippen LogP contribution is 2.30. The smallest absolute Gasteiger partial charge is 0.259 e. The molecule has 3 aromatic rings. The fourth-order valence-corrected chi connectivity index (χ4v) is 3.46. The number of methoxy groups -OCH3 is 1. The molecule has 0 fully saturated rings. The Morgan fingerprint density at radius 2 is 2.07 bits per heavy atom. The third-order valence-electron chi connectivity index (χ3n) is 3.94. The number of H-pyrrole nitrogens is 1. The summed E-state index contributed by atoms with van der Waals surface area (Å²) in [6.45, 7) is 1.80. The number of aromatic amines is 1. The Morgan fingerprint density at radius 1 is 1.30 bits per heavy atom. The molecule has 0 radical (unpaired) electrons. The molecule has 0 atom stereocenters. The zero-order valence-corrected chi connectivity index (χ0v) is 15.8. The highest BCUT2D eigenvalue weighted by atomic mass is 32.2. The topological polar surface area (TPSA) is 128 Å². The van der Waals surface area contributed by atoms with E-state index in [2.05, 4.69) is 19.7 Å². The van der Waals surface area contributed by atoms with Crippen molar-refractivity contribution in [3.8, 4) is 11.5 Å². The van der Waals surface area contributed by atoms with Crippen LogP contribution in [0.25, 0.3) is 10.9 Å². The molecule has 0 aliphatic rings. The number of imidazole rings is 1. The van der Waals surface area contributed by atoms with Gasteiger partial charge in [-0.3, -0.25) is 4.79 Å². The van der Waals surface area contributed by atoms with Crippen molar-refractivity contribution in [2.45, 2.75) is 11.9 Å². The predicted molar refractivity (Wildman–Crippen MR) is 97.5 cm³/mol. The van der Waals surface area contributed by atoms with Crippen molar-refractivity contribution in [3.05, 3.63) is 40.8 Å². The molecule has 2 aromatic heterocycles. The zero-order chi connectivity index (χ0) is 19.6. The highest BCUT2D eigenvalue weighted by Gasteiger charge is 2.18. The third-order valence-corrected chi connectivity index (χ3v) is 5.27. The summed E-state index contributed by atoms with van der Waals surface area (Å²) in [4.78, 5) is 22.4. The summed E-state index contributed by atoms with van der Waals surface area (Å²) in [7, 11) is -0.556. The first kappa shape index (κ1) is 18.9. The minimum Gasteiger partial charge on any atom is -0.493 e. The molecule has 2 N–H and O–H groups in total. The fraction of sp³-hybridized carbons (Fsp3) is 0.312. The molecule has 0 unspecified atom stereocenters. The van der Waals surface area contributed by atoms with Gasteiger partial charge in [-0.05, 0) is 13.0 Å². The molecule has 0 amide bonds. The van der Waals surface area contributed by atoms with E-state index < -0.39 is 10.0 Å². The first-order valence-electron chi connectivity index (χ1n) is 7.99. The number of fused-ring (bicyclic) bond motifs is 1. The van der Waals surface area contributed by atoms with Crippen molar-refractivity contribution in [2.75, 3.05) is 20.3 Å². The molecule has 27 heavy (non-hydrogen) atoms. The number of rotatable bonds is 7. The number of hydrogen-bond donors (Lipinski definition) is 2. The minimum absolute atomic E-state index is 0.0297. The van der Waals surface area contributed by atoms with Gasteiger partial charge in [0.25, 0.3) is 15.6 Å². The molecule has 3 rings (SSSR count). The van der Waals surface area contributed by atoms with Gasteiger partial charge < -0.3 is 19.0 Å². The van der Waals surface area contributed by atoms with E-state index in [-0.39, 0.29) is 23.7 Å². The second kappa shape index (κ2) is 7.37. The van der Waals surface area contributed by atoms with Gasteiger partial charge in [0.15, 0.2) is 16.5 Å². The van der Waals surface area contributed by atoms with Gasteiger partial charge in [0.05, 0.1) is 24.3 Å². The van der Waals surface area contributed by atoms with Crippen molar-refractivity contribution >= 4 is 20.9 Å². The summed E-state index contributed by atoms with van der Waals surface area (Å²) >= 11 is 0. The Kier molecular flexibility index (Phi) is 5.15. The van der Waals surface area contributed by atoms with Crippen molar-refractivity contribution in [2.24, 2.45) is 7.05 Å². The Bertz CT molecular complexity index is 1120. The van der Waals surface area contributed by atoms with Gasteiger partial charge in [0.1, 0.15) is 12.4 Å². The standard InChI is InChI=1S/C16H19N5O5S/c1-10-20-15(8-21(10)2)27(23,24)19-4-5-26-14-7-12-11(6-13(14)25-3)16(22)18-9-17-12/h6-9,19H,4-5H2,1-3H3,(H,17,18,22). The lowest BCUT2D eigenvalue weighted by Crippen LogP contribution is -2.28. The summed E-state index contributed by atoms with van der Waals surface area (Å²) in [5, 5.41) is 0.321. The first-order valence-corrected chi connectivity index (χ1v) is 9.48. The highest BCUT2D eigenvalue weighted by molar-refractivity contribution is 7.89.